The third-order valence-electron chi connectivity index (χ3n) is 4.92. The number of methoxy groups -OCH3 is 2. The molecule has 10 nitrogen and oxygen atoms in total. The molecule has 2 aromatic rings. The Balaban J connectivity index is 1.51. The lowest BCUT2D eigenvalue weighted by Gasteiger charge is -2.20. The zero-order chi connectivity index (χ0) is 24.0. The predicted molar refractivity (Wildman–Crippen MR) is 118 cm³/mol. The van der Waals surface area contributed by atoms with Crippen LogP contribution in [0.5, 0.6) is 11.5 Å². The highest BCUT2D eigenvalue weighted by atomic mass is 35.5. The maximum absolute atomic E-state index is 12.5. The first-order valence-electron chi connectivity index (χ1n) is 9.86. The Morgan fingerprint density at radius 1 is 1.09 bits per heavy atom. The highest BCUT2D eigenvalue weighted by Gasteiger charge is 2.37. The molecule has 0 aromatic heterocycles. The average Bonchev–Trinajstić information content (AvgIpc) is 3.22. The molecule has 0 unspecified atom stereocenters. The van der Waals surface area contributed by atoms with Crippen LogP contribution in [0.25, 0.3) is 0 Å². The summed E-state index contributed by atoms with van der Waals surface area (Å²) in [7, 11) is 2.98. The summed E-state index contributed by atoms with van der Waals surface area (Å²) < 4.78 is 15.5. The molecule has 11 heteroatoms. The predicted octanol–water partition coefficient (Wildman–Crippen LogP) is 1.71. The van der Waals surface area contributed by atoms with Crippen LogP contribution in [0.4, 0.5) is 5.69 Å². The van der Waals surface area contributed by atoms with Gasteiger partial charge in [0.15, 0.2) is 6.61 Å². The maximum Gasteiger partial charge on any atom is 0.311 e. The van der Waals surface area contributed by atoms with Crippen LogP contribution in [0.15, 0.2) is 42.5 Å². The van der Waals surface area contributed by atoms with Gasteiger partial charge in [-0.3, -0.25) is 30.0 Å². The number of hydrogen-bond donors (Lipinski definition) is 2. The minimum Gasteiger partial charge on any atom is -0.497 e. The van der Waals surface area contributed by atoms with Crippen molar-refractivity contribution >= 4 is 41.0 Å². The molecule has 1 aliphatic rings. The van der Waals surface area contributed by atoms with Gasteiger partial charge in [0.1, 0.15) is 11.5 Å². The number of hydrogen-bond acceptors (Lipinski definition) is 7. The van der Waals surface area contributed by atoms with Crippen molar-refractivity contribution in [2.45, 2.75) is 6.42 Å². The summed E-state index contributed by atoms with van der Waals surface area (Å²) >= 11 is 5.92. The van der Waals surface area contributed by atoms with Crippen molar-refractivity contribution in [2.24, 2.45) is 5.92 Å². The molecule has 3 amide bonds. The number of ether oxygens (including phenoxy) is 3. The van der Waals surface area contributed by atoms with Gasteiger partial charge in [-0.25, -0.2) is 0 Å². The zero-order valence-corrected chi connectivity index (χ0v) is 18.7. The molecule has 3 rings (SSSR count). The SMILES string of the molecule is COc1ccc(N2C[C@H](C(=O)OCC(=O)NNC(=O)c3ccccc3Cl)CC2=O)c(OC)c1. The first-order chi connectivity index (χ1) is 15.8. The molecule has 0 aliphatic carbocycles. The van der Waals surface area contributed by atoms with Crippen LogP contribution >= 0.6 is 11.6 Å². The largest absolute Gasteiger partial charge is 0.497 e. The Kier molecular flexibility index (Phi) is 7.73. The van der Waals surface area contributed by atoms with E-state index in [1.165, 1.54) is 31.3 Å². The number of anilines is 1. The molecule has 1 aliphatic heterocycles. The van der Waals surface area contributed by atoms with Crippen LogP contribution in [0.3, 0.4) is 0 Å². The van der Waals surface area contributed by atoms with Gasteiger partial charge in [-0.2, -0.15) is 0 Å². The van der Waals surface area contributed by atoms with Crippen molar-refractivity contribution < 1.29 is 33.4 Å². The first kappa shape index (κ1) is 23.9. The lowest BCUT2D eigenvalue weighted by Crippen LogP contribution is -2.44. The quantitative estimate of drug-likeness (QED) is 0.461. The molecular weight excluding hydrogens is 454 g/mol. The first-order valence-corrected chi connectivity index (χ1v) is 10.2. The summed E-state index contributed by atoms with van der Waals surface area (Å²) in [5.74, 6) is -2.12. The van der Waals surface area contributed by atoms with Gasteiger partial charge in [-0.1, -0.05) is 23.7 Å². The van der Waals surface area contributed by atoms with E-state index in [9.17, 15) is 19.2 Å². The number of rotatable bonds is 7. The van der Waals surface area contributed by atoms with E-state index in [1.54, 1.807) is 30.3 Å². The van der Waals surface area contributed by atoms with Gasteiger partial charge in [0.05, 0.1) is 36.4 Å². The maximum atomic E-state index is 12.5. The molecule has 174 valence electrons. The van der Waals surface area contributed by atoms with E-state index in [0.29, 0.717) is 17.2 Å². The second kappa shape index (κ2) is 10.7. The molecule has 0 radical (unpaired) electrons. The number of halogens is 1. The molecule has 1 fully saturated rings. The van der Waals surface area contributed by atoms with E-state index in [-0.39, 0.29) is 29.5 Å². The number of carbonyl (C=O) groups is 4. The molecule has 1 saturated heterocycles. The molecule has 2 aromatic carbocycles. The number of esters is 1. The zero-order valence-electron chi connectivity index (χ0n) is 17.9. The highest BCUT2D eigenvalue weighted by Crippen LogP contribution is 2.36. The van der Waals surface area contributed by atoms with E-state index in [4.69, 9.17) is 25.8 Å². The summed E-state index contributed by atoms with van der Waals surface area (Å²) in [5, 5.41) is 0.222. The van der Waals surface area contributed by atoms with Gasteiger partial charge in [0.25, 0.3) is 11.8 Å². The fourth-order valence-corrected chi connectivity index (χ4v) is 3.46. The van der Waals surface area contributed by atoms with Crippen LogP contribution in [0, 0.1) is 5.92 Å². The van der Waals surface area contributed by atoms with Crippen molar-refractivity contribution in [2.75, 3.05) is 32.3 Å². The van der Waals surface area contributed by atoms with Gasteiger partial charge in [0, 0.05) is 19.0 Å². The van der Waals surface area contributed by atoms with Crippen molar-refractivity contribution in [3.05, 3.63) is 53.1 Å². The molecule has 1 heterocycles. The normalized spacial score (nSPS) is 15.1. The lowest BCUT2D eigenvalue weighted by atomic mass is 10.1. The molecular formula is C22H22ClN3O7. The number of carbonyl (C=O) groups excluding carboxylic acids is 4. The van der Waals surface area contributed by atoms with Crippen molar-refractivity contribution in [3.8, 4) is 11.5 Å². The van der Waals surface area contributed by atoms with Crippen molar-refractivity contribution in [3.63, 3.8) is 0 Å². The lowest BCUT2D eigenvalue weighted by molar-refractivity contribution is -0.152. The summed E-state index contributed by atoms with van der Waals surface area (Å²) in [6.45, 7) is -0.552. The number of benzene rings is 2. The molecule has 0 spiro atoms. The fourth-order valence-electron chi connectivity index (χ4n) is 3.24. The van der Waals surface area contributed by atoms with Crippen LogP contribution in [0.1, 0.15) is 16.8 Å². The minimum absolute atomic E-state index is 0.0706. The molecule has 33 heavy (non-hydrogen) atoms. The number of amides is 3. The highest BCUT2D eigenvalue weighted by molar-refractivity contribution is 6.33. The smallest absolute Gasteiger partial charge is 0.311 e. The van der Waals surface area contributed by atoms with Gasteiger partial charge in [-0.15, -0.1) is 0 Å². The van der Waals surface area contributed by atoms with E-state index >= 15 is 0 Å². The number of hydrazine groups is 1. The van der Waals surface area contributed by atoms with Crippen LogP contribution in [0.2, 0.25) is 5.02 Å². The Bertz CT molecular complexity index is 1080. The Morgan fingerprint density at radius 3 is 2.55 bits per heavy atom. The van der Waals surface area contributed by atoms with E-state index < -0.39 is 30.3 Å². The summed E-state index contributed by atoms with van der Waals surface area (Å²) in [5.41, 5.74) is 5.01. The molecule has 0 bridgehead atoms. The molecule has 2 N–H and O–H groups in total. The van der Waals surface area contributed by atoms with E-state index in [2.05, 4.69) is 10.9 Å². The van der Waals surface area contributed by atoms with E-state index in [1.807, 2.05) is 0 Å². The van der Waals surface area contributed by atoms with Gasteiger partial charge in [0.2, 0.25) is 5.91 Å². The Hall–Kier alpha value is -3.79. The third kappa shape index (κ3) is 5.72. The second-order valence-corrected chi connectivity index (χ2v) is 7.44. The van der Waals surface area contributed by atoms with Crippen LogP contribution in [-0.4, -0.2) is 51.1 Å². The topological polar surface area (TPSA) is 123 Å². The number of nitrogens with zero attached hydrogens (tertiary/aromatic N) is 1. The van der Waals surface area contributed by atoms with E-state index in [0.717, 1.165) is 0 Å². The Morgan fingerprint density at radius 2 is 1.85 bits per heavy atom. The van der Waals surface area contributed by atoms with Crippen LogP contribution < -0.4 is 25.2 Å². The van der Waals surface area contributed by atoms with Crippen molar-refractivity contribution in [1.29, 1.82) is 0 Å². The van der Waals surface area contributed by atoms with Gasteiger partial charge < -0.3 is 19.1 Å². The molecule has 1 atom stereocenters. The average molecular weight is 476 g/mol. The third-order valence-corrected chi connectivity index (χ3v) is 5.25. The Labute approximate surface area is 194 Å². The van der Waals surface area contributed by atoms with Crippen molar-refractivity contribution in [1.82, 2.24) is 10.9 Å². The van der Waals surface area contributed by atoms with Crippen LogP contribution in [-0.2, 0) is 19.1 Å². The standard InChI is InChI=1S/C22H22ClN3O7/c1-31-14-7-8-17(18(10-14)32-2)26-11-13(9-20(26)28)22(30)33-12-19(27)24-25-21(29)15-5-3-4-6-16(15)23/h3-8,10,13H,9,11-12H2,1-2H3,(H,24,27)(H,25,29)/t13-/m1/s1. The second-order valence-electron chi connectivity index (χ2n) is 7.03. The minimum atomic E-state index is -0.755. The summed E-state index contributed by atoms with van der Waals surface area (Å²) in [6, 6.07) is 11.3. The van der Waals surface area contributed by atoms with Gasteiger partial charge >= 0.3 is 5.97 Å². The summed E-state index contributed by atoms with van der Waals surface area (Å²) in [6.07, 6.45) is -0.0706. The molecule has 0 saturated carbocycles. The number of nitrogens with one attached hydrogen (secondary N) is 2. The fraction of sp³-hybridized carbons (Fsp3) is 0.273. The van der Waals surface area contributed by atoms with Gasteiger partial charge in [-0.05, 0) is 24.3 Å². The monoisotopic (exact) mass is 475 g/mol. The summed E-state index contributed by atoms with van der Waals surface area (Å²) in [4.78, 5) is 50.3.